The monoisotopic (exact) mass is 309 g/mol. The summed E-state index contributed by atoms with van der Waals surface area (Å²) in [5.74, 6) is -0.501. The fourth-order valence-corrected chi connectivity index (χ4v) is 3.19. The number of carbonyl (C=O) groups is 1. The van der Waals surface area contributed by atoms with Crippen LogP contribution in [0.15, 0.2) is 0 Å². The van der Waals surface area contributed by atoms with Crippen molar-refractivity contribution in [2.45, 2.75) is 52.0 Å². The highest BCUT2D eigenvalue weighted by Gasteiger charge is 2.24. The number of nitriles is 1. The van der Waals surface area contributed by atoms with Crippen molar-refractivity contribution in [2.24, 2.45) is 0 Å². The molecule has 1 rings (SSSR count). The summed E-state index contributed by atoms with van der Waals surface area (Å²) in [6.45, 7) is 4.28. The van der Waals surface area contributed by atoms with Crippen molar-refractivity contribution < 1.29 is 9.53 Å². The van der Waals surface area contributed by atoms with Gasteiger partial charge < -0.3 is 15.8 Å². The zero-order valence-electron chi connectivity index (χ0n) is 12.9. The van der Waals surface area contributed by atoms with Crippen LogP contribution in [0.2, 0.25) is 0 Å². The first kappa shape index (κ1) is 17.3. The van der Waals surface area contributed by atoms with Crippen molar-refractivity contribution in [3.63, 3.8) is 0 Å². The molecular formula is C15H23N3O2S. The Morgan fingerprint density at radius 1 is 1.43 bits per heavy atom. The summed E-state index contributed by atoms with van der Waals surface area (Å²) in [5.41, 5.74) is 6.39. The van der Waals surface area contributed by atoms with E-state index < -0.39 is 5.97 Å². The van der Waals surface area contributed by atoms with Crippen LogP contribution in [0.4, 0.5) is 10.7 Å². The van der Waals surface area contributed by atoms with Crippen LogP contribution in [-0.4, -0.2) is 19.1 Å². The van der Waals surface area contributed by atoms with Gasteiger partial charge in [-0.15, -0.1) is 11.3 Å². The lowest BCUT2D eigenvalue weighted by molar-refractivity contribution is 0.0603. The molecule has 0 aliphatic carbocycles. The highest BCUT2D eigenvalue weighted by Crippen LogP contribution is 2.36. The number of hydrogen-bond donors (Lipinski definition) is 2. The van der Waals surface area contributed by atoms with Crippen molar-refractivity contribution in [2.75, 3.05) is 18.2 Å². The number of thiophene rings is 1. The lowest BCUT2D eigenvalue weighted by atomic mass is 10.1. The van der Waals surface area contributed by atoms with Gasteiger partial charge in [-0.1, -0.05) is 33.1 Å². The van der Waals surface area contributed by atoms with E-state index in [0.717, 1.165) is 32.1 Å². The SMILES string of the molecule is CCCCC(CCC)Nc1sc(C#N)c(N)c1C(=O)OC. The van der Waals surface area contributed by atoms with E-state index in [4.69, 9.17) is 15.7 Å². The van der Waals surface area contributed by atoms with E-state index in [1.165, 1.54) is 18.4 Å². The highest BCUT2D eigenvalue weighted by molar-refractivity contribution is 7.17. The number of nitrogens with one attached hydrogen (secondary N) is 1. The molecule has 6 heteroatoms. The van der Waals surface area contributed by atoms with E-state index in [2.05, 4.69) is 19.2 Å². The second-order valence-electron chi connectivity index (χ2n) is 4.92. The standard InChI is InChI=1S/C15H23N3O2S/c1-4-6-8-10(7-5-2)18-14-12(15(19)20-3)13(17)11(9-16)21-14/h10,18H,4-8,17H2,1-3H3. The molecule has 5 nitrogen and oxygen atoms in total. The fraction of sp³-hybridized carbons (Fsp3) is 0.600. The van der Waals surface area contributed by atoms with Gasteiger partial charge >= 0.3 is 5.97 Å². The number of unbranched alkanes of at least 4 members (excludes halogenated alkanes) is 1. The maximum Gasteiger partial charge on any atom is 0.343 e. The summed E-state index contributed by atoms with van der Waals surface area (Å²) < 4.78 is 4.78. The summed E-state index contributed by atoms with van der Waals surface area (Å²) in [6, 6.07) is 2.31. The molecule has 0 saturated carbocycles. The van der Waals surface area contributed by atoms with Gasteiger partial charge in [0.2, 0.25) is 0 Å². The lowest BCUT2D eigenvalue weighted by Gasteiger charge is -2.18. The number of ether oxygens (including phenoxy) is 1. The van der Waals surface area contributed by atoms with Crippen LogP contribution in [-0.2, 0) is 4.74 Å². The fourth-order valence-electron chi connectivity index (χ4n) is 2.21. The first-order valence-electron chi connectivity index (χ1n) is 7.26. The average molecular weight is 309 g/mol. The first-order valence-corrected chi connectivity index (χ1v) is 8.07. The van der Waals surface area contributed by atoms with Gasteiger partial charge in [0.25, 0.3) is 0 Å². The Labute approximate surface area is 130 Å². The average Bonchev–Trinajstić information content (AvgIpc) is 2.80. The Morgan fingerprint density at radius 3 is 2.67 bits per heavy atom. The minimum absolute atomic E-state index is 0.211. The van der Waals surface area contributed by atoms with Gasteiger partial charge in [-0.3, -0.25) is 0 Å². The largest absolute Gasteiger partial charge is 0.465 e. The summed E-state index contributed by atoms with van der Waals surface area (Å²) in [7, 11) is 1.32. The van der Waals surface area contributed by atoms with Gasteiger partial charge in [-0.05, 0) is 12.8 Å². The van der Waals surface area contributed by atoms with E-state index >= 15 is 0 Å². The summed E-state index contributed by atoms with van der Waals surface area (Å²) in [4.78, 5) is 12.2. The second-order valence-corrected chi connectivity index (χ2v) is 5.95. The molecule has 1 aromatic rings. The third-order valence-electron chi connectivity index (χ3n) is 3.31. The van der Waals surface area contributed by atoms with Crippen LogP contribution in [0, 0.1) is 11.3 Å². The molecule has 21 heavy (non-hydrogen) atoms. The number of hydrogen-bond acceptors (Lipinski definition) is 6. The van der Waals surface area contributed by atoms with Crippen molar-refractivity contribution in [1.82, 2.24) is 0 Å². The number of carbonyl (C=O) groups excluding carboxylic acids is 1. The zero-order valence-corrected chi connectivity index (χ0v) is 13.7. The molecule has 0 spiro atoms. The second kappa shape index (κ2) is 8.53. The minimum atomic E-state index is -0.501. The number of anilines is 2. The van der Waals surface area contributed by atoms with Crippen molar-refractivity contribution in [3.8, 4) is 6.07 Å². The Bertz CT molecular complexity index is 520. The molecule has 1 aromatic heterocycles. The number of rotatable bonds is 8. The van der Waals surface area contributed by atoms with Crippen LogP contribution in [0.3, 0.4) is 0 Å². The number of esters is 1. The van der Waals surface area contributed by atoms with Crippen LogP contribution >= 0.6 is 11.3 Å². The van der Waals surface area contributed by atoms with Crippen molar-refractivity contribution >= 4 is 28.0 Å². The van der Waals surface area contributed by atoms with E-state index in [9.17, 15) is 4.79 Å². The topological polar surface area (TPSA) is 88.1 Å². The quantitative estimate of drug-likeness (QED) is 0.714. The van der Waals surface area contributed by atoms with Gasteiger partial charge in [-0.25, -0.2) is 4.79 Å². The molecule has 1 unspecified atom stereocenters. The first-order chi connectivity index (χ1) is 10.1. The molecule has 1 atom stereocenters. The Hall–Kier alpha value is -1.74. The van der Waals surface area contributed by atoms with Crippen LogP contribution in [0.5, 0.6) is 0 Å². The molecular weight excluding hydrogens is 286 g/mol. The van der Waals surface area contributed by atoms with Gasteiger partial charge in [0.15, 0.2) is 0 Å². The van der Waals surface area contributed by atoms with E-state index in [0.29, 0.717) is 9.88 Å². The molecule has 0 amide bonds. The maximum absolute atomic E-state index is 11.9. The smallest absolute Gasteiger partial charge is 0.343 e. The number of nitrogens with two attached hydrogens (primary N) is 1. The van der Waals surface area contributed by atoms with E-state index in [1.807, 2.05) is 6.07 Å². The molecule has 0 bridgehead atoms. The summed E-state index contributed by atoms with van der Waals surface area (Å²) in [6.07, 6.45) is 5.35. The number of nitrogens with zero attached hydrogens (tertiary/aromatic N) is 1. The van der Waals surface area contributed by atoms with Gasteiger partial charge in [0, 0.05) is 6.04 Å². The van der Waals surface area contributed by atoms with Crippen molar-refractivity contribution in [3.05, 3.63) is 10.4 Å². The van der Waals surface area contributed by atoms with E-state index in [1.54, 1.807) is 0 Å². The normalized spacial score (nSPS) is 11.7. The molecule has 0 aliphatic heterocycles. The zero-order chi connectivity index (χ0) is 15.8. The minimum Gasteiger partial charge on any atom is -0.465 e. The third-order valence-corrected chi connectivity index (χ3v) is 4.36. The molecule has 0 fully saturated rings. The van der Waals surface area contributed by atoms with Crippen molar-refractivity contribution in [1.29, 1.82) is 5.26 Å². The molecule has 116 valence electrons. The lowest BCUT2D eigenvalue weighted by Crippen LogP contribution is -2.20. The predicted octanol–water partition coefficient (Wildman–Crippen LogP) is 3.76. The molecule has 0 aromatic carbocycles. The maximum atomic E-state index is 11.9. The third kappa shape index (κ3) is 4.36. The Morgan fingerprint density at radius 2 is 2.14 bits per heavy atom. The molecule has 0 aliphatic rings. The Balaban J connectivity index is 3.04. The van der Waals surface area contributed by atoms with Crippen LogP contribution in [0.1, 0.15) is 61.2 Å². The Kier molecular flexibility index (Phi) is 7.03. The highest BCUT2D eigenvalue weighted by atomic mass is 32.1. The van der Waals surface area contributed by atoms with E-state index in [-0.39, 0.29) is 17.3 Å². The van der Waals surface area contributed by atoms with Gasteiger partial charge in [0.05, 0.1) is 12.8 Å². The summed E-state index contributed by atoms with van der Waals surface area (Å²) in [5, 5.41) is 13.1. The molecule has 0 radical (unpaired) electrons. The number of nitrogen functional groups attached to an aromatic ring is 1. The van der Waals surface area contributed by atoms with Gasteiger partial charge in [0.1, 0.15) is 21.5 Å². The molecule has 1 heterocycles. The van der Waals surface area contributed by atoms with Crippen LogP contribution in [0.25, 0.3) is 0 Å². The predicted molar refractivity (Wildman–Crippen MR) is 86.6 cm³/mol. The van der Waals surface area contributed by atoms with Gasteiger partial charge in [-0.2, -0.15) is 5.26 Å². The summed E-state index contributed by atoms with van der Waals surface area (Å²) >= 11 is 1.22. The number of methoxy groups -OCH3 is 1. The van der Waals surface area contributed by atoms with Crippen LogP contribution < -0.4 is 11.1 Å². The molecule has 3 N–H and O–H groups in total. The molecule has 0 saturated heterocycles.